The van der Waals surface area contributed by atoms with Crippen molar-refractivity contribution in [3.63, 3.8) is 0 Å². The van der Waals surface area contributed by atoms with Crippen molar-refractivity contribution >= 4 is 34.7 Å². The maximum absolute atomic E-state index is 3.55. The molecule has 0 N–H and O–H groups in total. The molecule has 0 saturated heterocycles. The minimum Gasteiger partial charge on any atom is -0.0776 e. The van der Waals surface area contributed by atoms with Crippen molar-refractivity contribution < 1.29 is 0 Å². The molecule has 0 aromatic rings. The molecule has 0 aliphatic heterocycles. The molecule has 0 spiro atoms. The Morgan fingerprint density at radius 1 is 0.636 bits per heavy atom. The van der Waals surface area contributed by atoms with E-state index in [4.69, 9.17) is 0 Å². The Bertz CT molecular complexity index is 117. The molecule has 0 aliphatic rings. The average Bonchev–Trinajstić information content (AvgIpc) is 1.95. The van der Waals surface area contributed by atoms with E-state index >= 15 is 0 Å². The molecule has 0 aromatic carbocycles. The Morgan fingerprint density at radius 2 is 0.818 bits per heavy atom. The lowest BCUT2D eigenvalue weighted by Crippen LogP contribution is -1.71. The van der Waals surface area contributed by atoms with Crippen LogP contribution in [-0.2, 0) is 0 Å². The van der Waals surface area contributed by atoms with Gasteiger partial charge in [-0.3, -0.25) is 0 Å². The summed E-state index contributed by atoms with van der Waals surface area (Å²) in [5.41, 5.74) is 0. The highest BCUT2D eigenvalue weighted by molar-refractivity contribution is 7.71. The molecule has 0 bridgehead atoms. The Kier molecular flexibility index (Phi) is 10.9. The van der Waals surface area contributed by atoms with Crippen LogP contribution in [0.4, 0.5) is 0 Å². The van der Waals surface area contributed by atoms with Crippen LogP contribution in [-0.4, -0.2) is 26.9 Å². The maximum atomic E-state index is 3.55. The van der Waals surface area contributed by atoms with Crippen molar-refractivity contribution in [2.45, 2.75) is 14.9 Å². The Hall–Kier alpha value is -0.890. The predicted octanol–water partition coefficient (Wildman–Crippen LogP) is 2.74. The molecule has 0 atom stereocenters. The summed E-state index contributed by atoms with van der Waals surface area (Å²) in [6.45, 7) is 13.0. The second kappa shape index (κ2) is 7.22. The van der Waals surface area contributed by atoms with E-state index in [9.17, 15) is 0 Å². The molecule has 11 heavy (non-hydrogen) atoms. The summed E-state index contributed by atoms with van der Waals surface area (Å²) in [5.74, 6) is 0. The fraction of sp³-hybridized carbons (Fsp3) is 0.333. The molecule has 64 valence electrons. The van der Waals surface area contributed by atoms with E-state index in [2.05, 4.69) is 45.9 Å². The second-order valence-electron chi connectivity index (χ2n) is 1.10. The number of hydrogen-bond acceptors (Lipinski definition) is 4. The van der Waals surface area contributed by atoms with E-state index in [1.54, 1.807) is 0 Å². The first kappa shape index (κ1) is 16.6. The molecule has 4 nitrogen and oxygen atoms in total. The van der Waals surface area contributed by atoms with E-state index in [0.717, 1.165) is 0 Å². The first-order chi connectivity index (χ1) is 4.24. The molecular formula is C6H16N4P+. The zero-order valence-electron chi connectivity index (χ0n) is 5.06. The van der Waals surface area contributed by atoms with Gasteiger partial charge in [-0.05, 0) is 0 Å². The van der Waals surface area contributed by atoms with Crippen LogP contribution in [0, 0.1) is 0 Å². The van der Waals surface area contributed by atoms with Crippen molar-refractivity contribution in [2.75, 3.05) is 0 Å². The third-order valence-electron chi connectivity index (χ3n) is 0.759. The monoisotopic (exact) mass is 175 g/mol. The molecule has 0 heterocycles. The summed E-state index contributed by atoms with van der Waals surface area (Å²) >= 11 is 0. The van der Waals surface area contributed by atoms with Gasteiger partial charge in [0.1, 0.15) is 0 Å². The number of hydrogen-bond donors (Lipinski definition) is 0. The molecular weight excluding hydrogens is 159 g/mol. The van der Waals surface area contributed by atoms with Gasteiger partial charge in [-0.2, -0.15) is 0 Å². The Balaban J connectivity index is -0.000000320. The van der Waals surface area contributed by atoms with Crippen LogP contribution >= 0.6 is 7.87 Å². The standard InChI is InChI=1S/C4H8N4P.2CH4/c1-5-9(6-2,7-3)8-4;;/h1-4H2;2*1H4/q+1;;. The predicted molar refractivity (Wildman–Crippen MR) is 58.6 cm³/mol. The van der Waals surface area contributed by atoms with Gasteiger partial charge in [-0.15, -0.1) is 0 Å². The van der Waals surface area contributed by atoms with Crippen LogP contribution in [0.2, 0.25) is 0 Å². The molecule has 0 radical (unpaired) electrons. The van der Waals surface area contributed by atoms with Gasteiger partial charge in [0.15, 0.2) is 0 Å². The highest BCUT2D eigenvalue weighted by Crippen LogP contribution is 2.63. The second-order valence-corrected chi connectivity index (χ2v) is 3.31. The van der Waals surface area contributed by atoms with Gasteiger partial charge < -0.3 is 0 Å². The first-order valence-corrected chi connectivity index (χ1v) is 3.66. The van der Waals surface area contributed by atoms with Gasteiger partial charge >= 0.3 is 7.87 Å². The van der Waals surface area contributed by atoms with Crippen LogP contribution in [0.25, 0.3) is 0 Å². The van der Waals surface area contributed by atoms with Crippen molar-refractivity contribution in [3.8, 4) is 0 Å². The highest BCUT2D eigenvalue weighted by Gasteiger charge is 2.33. The van der Waals surface area contributed by atoms with Gasteiger partial charge in [-0.25, -0.2) is 0 Å². The normalized spacial score (nSPS) is 8.00. The van der Waals surface area contributed by atoms with Crippen molar-refractivity contribution in [2.24, 2.45) is 19.1 Å². The highest BCUT2D eigenvalue weighted by atomic mass is 31.2. The zero-order valence-corrected chi connectivity index (χ0v) is 5.96. The Labute approximate surface area is 69.5 Å². The molecule has 0 saturated carbocycles. The molecule has 0 unspecified atom stereocenters. The first-order valence-electron chi connectivity index (χ1n) is 2.06. The van der Waals surface area contributed by atoms with Crippen LogP contribution in [0.1, 0.15) is 14.9 Å². The van der Waals surface area contributed by atoms with E-state index in [1.165, 1.54) is 0 Å². The summed E-state index contributed by atoms with van der Waals surface area (Å²) in [6.07, 6.45) is 0. The van der Waals surface area contributed by atoms with Crippen LogP contribution in [0.15, 0.2) is 19.1 Å². The largest absolute Gasteiger partial charge is 0.491 e. The third kappa shape index (κ3) is 3.73. The minimum absolute atomic E-state index is 0. The maximum Gasteiger partial charge on any atom is 0.491 e. The molecule has 5 heteroatoms. The van der Waals surface area contributed by atoms with Crippen LogP contribution < -0.4 is 0 Å². The number of rotatable bonds is 4. The lowest BCUT2D eigenvalue weighted by atomic mass is 11.8. The van der Waals surface area contributed by atoms with E-state index in [-0.39, 0.29) is 14.9 Å². The van der Waals surface area contributed by atoms with E-state index in [1.807, 2.05) is 0 Å². The molecule has 0 rings (SSSR count). The molecule has 0 fully saturated rings. The SMILES string of the molecule is C.C.C=N[P+](N=C)(N=C)N=C. The third-order valence-corrected chi connectivity index (χ3v) is 2.28. The van der Waals surface area contributed by atoms with Gasteiger partial charge in [0.25, 0.3) is 0 Å². The van der Waals surface area contributed by atoms with Crippen molar-refractivity contribution in [1.82, 2.24) is 0 Å². The van der Waals surface area contributed by atoms with E-state index < -0.39 is 7.87 Å². The fourth-order valence-corrected chi connectivity index (χ4v) is 0.805. The molecule has 0 amide bonds. The summed E-state index contributed by atoms with van der Waals surface area (Å²) in [7, 11) is -2.36. The van der Waals surface area contributed by atoms with Gasteiger partial charge in [-0.1, -0.05) is 33.9 Å². The Morgan fingerprint density at radius 3 is 0.818 bits per heavy atom. The van der Waals surface area contributed by atoms with Crippen LogP contribution in [0.3, 0.4) is 0 Å². The van der Waals surface area contributed by atoms with Crippen LogP contribution in [0.5, 0.6) is 0 Å². The van der Waals surface area contributed by atoms with Gasteiger partial charge in [0.05, 0.1) is 0 Å². The summed E-state index contributed by atoms with van der Waals surface area (Å²) in [4.78, 5) is 0. The van der Waals surface area contributed by atoms with Crippen molar-refractivity contribution in [3.05, 3.63) is 0 Å². The minimum atomic E-state index is -2.36. The zero-order chi connectivity index (χ0) is 7.33. The van der Waals surface area contributed by atoms with Crippen molar-refractivity contribution in [1.29, 1.82) is 0 Å². The lowest BCUT2D eigenvalue weighted by Gasteiger charge is -1.95. The van der Waals surface area contributed by atoms with E-state index in [0.29, 0.717) is 0 Å². The topological polar surface area (TPSA) is 49.4 Å². The summed E-state index contributed by atoms with van der Waals surface area (Å²) in [5, 5.41) is 0. The summed E-state index contributed by atoms with van der Waals surface area (Å²) < 4.78 is 14.2. The van der Waals surface area contributed by atoms with Gasteiger partial charge in [0.2, 0.25) is 0 Å². The quantitative estimate of drug-likeness (QED) is 0.466. The van der Waals surface area contributed by atoms with Gasteiger partial charge in [0, 0.05) is 26.9 Å². The summed E-state index contributed by atoms with van der Waals surface area (Å²) in [6, 6.07) is 0. The smallest absolute Gasteiger partial charge is 0.0776 e. The molecule has 0 aliphatic carbocycles. The fourth-order valence-electron chi connectivity index (χ4n) is 0.268. The molecule has 0 aromatic heterocycles. The average molecular weight is 175 g/mol. The number of nitrogens with zero attached hydrogens (tertiary/aromatic N) is 4. The lowest BCUT2D eigenvalue weighted by molar-refractivity contribution is 1.54.